The summed E-state index contributed by atoms with van der Waals surface area (Å²) in [5.74, 6) is -0.851. The molecule has 1 aromatic carbocycles. The molecule has 1 nitrogen and oxygen atoms in total. The lowest BCUT2D eigenvalue weighted by atomic mass is 9.92. The second kappa shape index (κ2) is 4.73. The van der Waals surface area contributed by atoms with E-state index in [1.54, 1.807) is 12.1 Å². The lowest BCUT2D eigenvalue weighted by Crippen LogP contribution is -2.27. The Morgan fingerprint density at radius 3 is 2.59 bits per heavy atom. The molecule has 0 spiro atoms. The zero-order valence-corrected chi connectivity index (χ0v) is 10.4. The topological polar surface area (TPSA) is 12.0 Å². The van der Waals surface area contributed by atoms with Crippen LogP contribution in [0, 0.1) is 23.0 Å². The van der Waals surface area contributed by atoms with Gasteiger partial charge in [-0.15, -0.1) is 0 Å². The van der Waals surface area contributed by atoms with Gasteiger partial charge >= 0.3 is 0 Å². The quantitative estimate of drug-likeness (QED) is 0.829. The highest BCUT2D eigenvalue weighted by atomic mass is 19.2. The first kappa shape index (κ1) is 12.5. The van der Waals surface area contributed by atoms with Crippen LogP contribution >= 0.6 is 0 Å². The van der Waals surface area contributed by atoms with E-state index >= 15 is 0 Å². The maximum absolute atomic E-state index is 13.4. The van der Waals surface area contributed by atoms with Crippen LogP contribution in [0.5, 0.6) is 0 Å². The van der Waals surface area contributed by atoms with Crippen LogP contribution in [-0.4, -0.2) is 6.54 Å². The van der Waals surface area contributed by atoms with E-state index in [1.165, 1.54) is 12.8 Å². The van der Waals surface area contributed by atoms with Crippen molar-refractivity contribution >= 4 is 0 Å². The summed E-state index contributed by atoms with van der Waals surface area (Å²) < 4.78 is 26.4. The van der Waals surface area contributed by atoms with Crippen LogP contribution < -0.4 is 5.32 Å². The Morgan fingerprint density at radius 2 is 2.00 bits per heavy atom. The van der Waals surface area contributed by atoms with Gasteiger partial charge in [-0.05, 0) is 30.2 Å². The fourth-order valence-electron chi connectivity index (χ4n) is 2.25. The molecule has 17 heavy (non-hydrogen) atoms. The van der Waals surface area contributed by atoms with Crippen LogP contribution in [0.3, 0.4) is 0 Å². The van der Waals surface area contributed by atoms with Crippen LogP contribution in [-0.2, 0) is 6.54 Å². The highest BCUT2D eigenvalue weighted by molar-refractivity contribution is 5.18. The van der Waals surface area contributed by atoms with Crippen molar-refractivity contribution in [3.8, 4) is 0 Å². The average molecular weight is 239 g/mol. The predicted octanol–water partition coefficient (Wildman–Crippen LogP) is 3.49. The fraction of sp³-hybridized carbons (Fsp3) is 0.571. The Kier molecular flexibility index (Phi) is 3.48. The van der Waals surface area contributed by atoms with Crippen LogP contribution in [0.25, 0.3) is 0 Å². The number of rotatable bonds is 5. The molecule has 94 valence electrons. The third kappa shape index (κ3) is 2.65. The van der Waals surface area contributed by atoms with Gasteiger partial charge in [0, 0.05) is 18.7 Å². The van der Waals surface area contributed by atoms with Crippen molar-refractivity contribution < 1.29 is 8.78 Å². The van der Waals surface area contributed by atoms with E-state index in [-0.39, 0.29) is 0 Å². The molecule has 0 atom stereocenters. The minimum Gasteiger partial charge on any atom is -0.312 e. The van der Waals surface area contributed by atoms with Gasteiger partial charge in [0.05, 0.1) is 0 Å². The van der Waals surface area contributed by atoms with Gasteiger partial charge in [-0.3, -0.25) is 0 Å². The zero-order valence-electron chi connectivity index (χ0n) is 10.4. The Morgan fingerprint density at radius 1 is 1.29 bits per heavy atom. The molecule has 0 amide bonds. The highest BCUT2D eigenvalue weighted by Crippen LogP contribution is 2.51. The summed E-state index contributed by atoms with van der Waals surface area (Å²) >= 11 is 0. The monoisotopic (exact) mass is 239 g/mol. The van der Waals surface area contributed by atoms with E-state index < -0.39 is 11.6 Å². The molecular weight excluding hydrogens is 220 g/mol. The minimum atomic E-state index is -0.769. The molecule has 1 aliphatic carbocycles. The molecule has 0 radical (unpaired) electrons. The molecule has 3 heteroatoms. The average Bonchev–Trinajstić information content (AvgIpc) is 3.05. The summed E-state index contributed by atoms with van der Waals surface area (Å²) in [5.41, 5.74) is 0.800. The van der Waals surface area contributed by atoms with Crippen molar-refractivity contribution in [2.45, 2.75) is 33.2 Å². The molecule has 1 fully saturated rings. The first-order chi connectivity index (χ1) is 8.05. The first-order valence-electron chi connectivity index (χ1n) is 6.19. The van der Waals surface area contributed by atoms with Gasteiger partial charge in [-0.1, -0.05) is 26.0 Å². The third-order valence-corrected chi connectivity index (χ3v) is 3.94. The molecule has 2 rings (SSSR count). The third-order valence-electron chi connectivity index (χ3n) is 3.94. The maximum atomic E-state index is 13.4. The Hall–Kier alpha value is -0.960. The zero-order chi connectivity index (χ0) is 12.5. The Balaban J connectivity index is 1.89. The predicted molar refractivity (Wildman–Crippen MR) is 64.6 cm³/mol. The normalized spacial score (nSPS) is 17.5. The van der Waals surface area contributed by atoms with Crippen molar-refractivity contribution in [1.29, 1.82) is 0 Å². The van der Waals surface area contributed by atoms with E-state index in [0.29, 0.717) is 23.4 Å². The summed E-state index contributed by atoms with van der Waals surface area (Å²) in [7, 11) is 0. The van der Waals surface area contributed by atoms with E-state index in [2.05, 4.69) is 19.2 Å². The lowest BCUT2D eigenvalue weighted by Gasteiger charge is -2.20. The van der Waals surface area contributed by atoms with Gasteiger partial charge in [0.2, 0.25) is 0 Å². The maximum Gasteiger partial charge on any atom is 0.163 e. The van der Waals surface area contributed by atoms with Gasteiger partial charge in [-0.2, -0.15) is 0 Å². The summed E-state index contributed by atoms with van der Waals surface area (Å²) in [4.78, 5) is 0. The van der Waals surface area contributed by atoms with Gasteiger partial charge in [0.15, 0.2) is 11.6 Å². The van der Waals surface area contributed by atoms with Crippen molar-refractivity contribution in [3.05, 3.63) is 35.4 Å². The standard InChI is InChI=1S/C14H19F2N/c1-10(2)14(6-7-14)9-17-8-11-4-3-5-12(15)13(11)16/h3-5,10,17H,6-9H2,1-2H3. The van der Waals surface area contributed by atoms with E-state index in [1.807, 2.05) is 0 Å². The molecule has 0 aromatic heterocycles. The van der Waals surface area contributed by atoms with Gasteiger partial charge in [-0.25, -0.2) is 8.78 Å². The molecule has 1 saturated carbocycles. The van der Waals surface area contributed by atoms with Crippen molar-refractivity contribution in [2.75, 3.05) is 6.54 Å². The van der Waals surface area contributed by atoms with Crippen LogP contribution in [0.1, 0.15) is 32.3 Å². The Bertz CT molecular complexity index is 397. The van der Waals surface area contributed by atoms with Crippen LogP contribution in [0.4, 0.5) is 8.78 Å². The van der Waals surface area contributed by atoms with Crippen molar-refractivity contribution in [1.82, 2.24) is 5.32 Å². The lowest BCUT2D eigenvalue weighted by molar-refractivity contribution is 0.336. The number of hydrogen-bond donors (Lipinski definition) is 1. The van der Waals surface area contributed by atoms with E-state index in [9.17, 15) is 8.78 Å². The molecule has 1 aliphatic rings. The summed E-state index contributed by atoms with van der Waals surface area (Å²) in [5, 5.41) is 3.25. The largest absolute Gasteiger partial charge is 0.312 e. The molecule has 0 saturated heterocycles. The number of benzene rings is 1. The van der Waals surface area contributed by atoms with Crippen molar-refractivity contribution in [2.24, 2.45) is 11.3 Å². The van der Waals surface area contributed by atoms with Gasteiger partial charge in [0.1, 0.15) is 0 Å². The fourth-order valence-corrected chi connectivity index (χ4v) is 2.25. The molecule has 1 aromatic rings. The first-order valence-corrected chi connectivity index (χ1v) is 6.19. The van der Waals surface area contributed by atoms with E-state index in [0.717, 1.165) is 12.6 Å². The van der Waals surface area contributed by atoms with Crippen LogP contribution in [0.2, 0.25) is 0 Å². The summed E-state index contributed by atoms with van der Waals surface area (Å²) in [6.07, 6.45) is 2.48. The van der Waals surface area contributed by atoms with Gasteiger partial charge in [0.25, 0.3) is 0 Å². The second-order valence-corrected chi connectivity index (χ2v) is 5.33. The number of nitrogens with one attached hydrogen (secondary N) is 1. The molecule has 0 heterocycles. The smallest absolute Gasteiger partial charge is 0.163 e. The van der Waals surface area contributed by atoms with Crippen LogP contribution in [0.15, 0.2) is 18.2 Å². The summed E-state index contributed by atoms with van der Waals surface area (Å²) in [6.45, 7) is 5.73. The number of halogens is 2. The Labute approximate surface area is 101 Å². The molecular formula is C14H19F2N. The van der Waals surface area contributed by atoms with E-state index in [4.69, 9.17) is 0 Å². The molecule has 1 N–H and O–H groups in total. The number of hydrogen-bond acceptors (Lipinski definition) is 1. The highest BCUT2D eigenvalue weighted by Gasteiger charge is 2.44. The minimum absolute atomic E-state index is 0.393. The second-order valence-electron chi connectivity index (χ2n) is 5.33. The SMILES string of the molecule is CC(C)C1(CNCc2cccc(F)c2F)CC1. The summed E-state index contributed by atoms with van der Waals surface area (Å²) in [6, 6.07) is 4.32. The molecule has 0 unspecified atom stereocenters. The van der Waals surface area contributed by atoms with Crippen molar-refractivity contribution in [3.63, 3.8) is 0 Å². The molecule has 0 bridgehead atoms. The van der Waals surface area contributed by atoms with Gasteiger partial charge < -0.3 is 5.32 Å². The molecule has 0 aliphatic heterocycles.